The van der Waals surface area contributed by atoms with E-state index in [0.29, 0.717) is 5.89 Å². The molecule has 22 heavy (non-hydrogen) atoms. The summed E-state index contributed by atoms with van der Waals surface area (Å²) in [5.41, 5.74) is 2.02. The van der Waals surface area contributed by atoms with Crippen molar-refractivity contribution in [1.82, 2.24) is 9.88 Å². The maximum atomic E-state index is 9.58. The van der Waals surface area contributed by atoms with E-state index in [1.165, 1.54) is 4.90 Å². The van der Waals surface area contributed by atoms with Crippen molar-refractivity contribution in [2.24, 2.45) is 0 Å². The van der Waals surface area contributed by atoms with Gasteiger partial charge in [-0.3, -0.25) is 4.90 Å². The first kappa shape index (κ1) is 15.6. The second-order valence-corrected chi connectivity index (χ2v) is 6.64. The molecule has 0 aliphatic carbocycles. The Morgan fingerprint density at radius 2 is 1.95 bits per heavy atom. The summed E-state index contributed by atoms with van der Waals surface area (Å²) in [5, 5.41) is 9.58. The highest BCUT2D eigenvalue weighted by Crippen LogP contribution is 2.25. The summed E-state index contributed by atoms with van der Waals surface area (Å²) in [5.74, 6) is 1.58. The first-order valence-corrected chi connectivity index (χ1v) is 8.89. The van der Waals surface area contributed by atoms with Gasteiger partial charge >= 0.3 is 0 Å². The molecule has 0 bridgehead atoms. The molecule has 0 unspecified atom stereocenters. The van der Waals surface area contributed by atoms with Crippen LogP contribution in [0.2, 0.25) is 0 Å². The summed E-state index contributed by atoms with van der Waals surface area (Å²) in [6.45, 7) is 4.61. The van der Waals surface area contributed by atoms with E-state index in [0.717, 1.165) is 49.5 Å². The number of hydrogen-bond donors (Lipinski definition) is 1. The highest BCUT2D eigenvalue weighted by Gasteiger charge is 2.20. The van der Waals surface area contributed by atoms with Crippen LogP contribution in [0.15, 0.2) is 33.6 Å². The zero-order chi connectivity index (χ0) is 15.5. The van der Waals surface area contributed by atoms with E-state index in [4.69, 9.17) is 4.42 Å². The Kier molecular flexibility index (Phi) is 4.86. The normalized spacial score (nSPS) is 17.0. The molecule has 118 valence electrons. The lowest BCUT2D eigenvalue weighted by Crippen LogP contribution is -2.35. The van der Waals surface area contributed by atoms with Crippen LogP contribution in [0.25, 0.3) is 11.5 Å². The summed E-state index contributed by atoms with van der Waals surface area (Å²) >= 11 is 1.73. The van der Waals surface area contributed by atoms with Crippen LogP contribution in [0.1, 0.15) is 24.3 Å². The van der Waals surface area contributed by atoms with E-state index >= 15 is 0 Å². The minimum Gasteiger partial charge on any atom is -0.441 e. The zero-order valence-corrected chi connectivity index (χ0v) is 13.9. The van der Waals surface area contributed by atoms with Crippen molar-refractivity contribution in [1.29, 1.82) is 0 Å². The van der Waals surface area contributed by atoms with Gasteiger partial charge in [0.05, 0.1) is 11.8 Å². The standard InChI is InChI=1S/C17H22N2O2S/c1-12-16(11-19-9-7-14(20)8-10-19)18-17(21-12)13-3-5-15(22-2)6-4-13/h3-6,14,20H,7-11H2,1-2H3. The average molecular weight is 318 g/mol. The number of aliphatic hydroxyl groups is 1. The summed E-state index contributed by atoms with van der Waals surface area (Å²) in [7, 11) is 0. The molecular weight excluding hydrogens is 296 g/mol. The van der Waals surface area contributed by atoms with Crippen molar-refractivity contribution >= 4 is 11.8 Å². The summed E-state index contributed by atoms with van der Waals surface area (Å²) in [6, 6.07) is 8.28. The molecule has 2 aromatic rings. The molecule has 0 amide bonds. The third-order valence-electron chi connectivity index (χ3n) is 4.16. The maximum absolute atomic E-state index is 9.58. The second-order valence-electron chi connectivity index (χ2n) is 5.76. The highest BCUT2D eigenvalue weighted by molar-refractivity contribution is 7.98. The largest absolute Gasteiger partial charge is 0.441 e. The van der Waals surface area contributed by atoms with Crippen LogP contribution >= 0.6 is 11.8 Å². The Morgan fingerprint density at radius 3 is 2.59 bits per heavy atom. The lowest BCUT2D eigenvalue weighted by Gasteiger charge is -2.28. The van der Waals surface area contributed by atoms with E-state index < -0.39 is 0 Å². The van der Waals surface area contributed by atoms with Gasteiger partial charge in [-0.2, -0.15) is 0 Å². The fourth-order valence-corrected chi connectivity index (χ4v) is 3.13. The van der Waals surface area contributed by atoms with Gasteiger partial charge in [0, 0.05) is 30.1 Å². The monoisotopic (exact) mass is 318 g/mol. The molecule has 1 aliphatic rings. The molecule has 3 rings (SSSR count). The molecule has 0 spiro atoms. The van der Waals surface area contributed by atoms with Gasteiger partial charge in [0.15, 0.2) is 0 Å². The van der Waals surface area contributed by atoms with Crippen molar-refractivity contribution in [2.75, 3.05) is 19.3 Å². The minimum absolute atomic E-state index is 0.139. The Hall–Kier alpha value is -1.30. The highest BCUT2D eigenvalue weighted by atomic mass is 32.2. The molecule has 0 radical (unpaired) electrons. The van der Waals surface area contributed by atoms with Crippen LogP contribution in [0, 0.1) is 6.92 Å². The number of nitrogens with zero attached hydrogens (tertiary/aromatic N) is 2. The predicted molar refractivity (Wildman–Crippen MR) is 89.0 cm³/mol. The van der Waals surface area contributed by atoms with Crippen LogP contribution in [-0.2, 0) is 6.54 Å². The number of likely N-dealkylation sites (tertiary alicyclic amines) is 1. The molecule has 2 heterocycles. The SMILES string of the molecule is CSc1ccc(-c2nc(CN3CCC(O)CC3)c(C)o2)cc1. The molecule has 4 nitrogen and oxygen atoms in total. The number of oxazole rings is 1. The Morgan fingerprint density at radius 1 is 1.27 bits per heavy atom. The summed E-state index contributed by atoms with van der Waals surface area (Å²) in [4.78, 5) is 8.24. The van der Waals surface area contributed by atoms with Crippen LogP contribution in [-0.4, -0.2) is 40.4 Å². The van der Waals surface area contributed by atoms with Gasteiger partial charge in [-0.25, -0.2) is 4.98 Å². The molecule has 1 saturated heterocycles. The molecular formula is C17H22N2O2S. The maximum Gasteiger partial charge on any atom is 0.226 e. The molecule has 5 heteroatoms. The molecule has 1 aromatic heterocycles. The van der Waals surface area contributed by atoms with Gasteiger partial charge in [0.25, 0.3) is 0 Å². The fourth-order valence-electron chi connectivity index (χ4n) is 2.72. The number of hydrogen-bond acceptors (Lipinski definition) is 5. The van der Waals surface area contributed by atoms with E-state index in [1.54, 1.807) is 11.8 Å². The number of rotatable bonds is 4. The first-order chi connectivity index (χ1) is 10.7. The van der Waals surface area contributed by atoms with Crippen LogP contribution in [0.3, 0.4) is 0 Å². The number of thioether (sulfide) groups is 1. The predicted octanol–water partition coefficient (Wildman–Crippen LogP) is 3.33. The van der Waals surface area contributed by atoms with Gasteiger partial charge < -0.3 is 9.52 Å². The molecule has 1 aromatic carbocycles. The number of piperidine rings is 1. The first-order valence-electron chi connectivity index (χ1n) is 7.67. The topological polar surface area (TPSA) is 49.5 Å². The average Bonchev–Trinajstić information content (AvgIpc) is 2.91. The van der Waals surface area contributed by atoms with Crippen LogP contribution < -0.4 is 0 Å². The van der Waals surface area contributed by atoms with Crippen LogP contribution in [0.5, 0.6) is 0 Å². The fraction of sp³-hybridized carbons (Fsp3) is 0.471. The van der Waals surface area contributed by atoms with E-state index in [9.17, 15) is 5.11 Å². The van der Waals surface area contributed by atoms with Gasteiger partial charge in [-0.15, -0.1) is 11.8 Å². The quantitative estimate of drug-likeness (QED) is 0.876. The van der Waals surface area contributed by atoms with Crippen molar-refractivity contribution < 1.29 is 9.52 Å². The van der Waals surface area contributed by atoms with E-state index in [-0.39, 0.29) is 6.10 Å². The van der Waals surface area contributed by atoms with Gasteiger partial charge in [0.1, 0.15) is 5.76 Å². The smallest absolute Gasteiger partial charge is 0.226 e. The number of aryl methyl sites for hydroxylation is 1. The van der Waals surface area contributed by atoms with Crippen molar-refractivity contribution in [2.45, 2.75) is 37.3 Å². The van der Waals surface area contributed by atoms with E-state index in [2.05, 4.69) is 40.4 Å². The van der Waals surface area contributed by atoms with E-state index in [1.807, 2.05) is 6.92 Å². The van der Waals surface area contributed by atoms with Crippen molar-refractivity contribution in [3.63, 3.8) is 0 Å². The molecule has 1 N–H and O–H groups in total. The zero-order valence-electron chi connectivity index (χ0n) is 13.1. The molecule has 1 fully saturated rings. The minimum atomic E-state index is -0.139. The lowest BCUT2D eigenvalue weighted by atomic mass is 10.1. The van der Waals surface area contributed by atoms with Gasteiger partial charge in [-0.1, -0.05) is 0 Å². The molecule has 0 saturated carbocycles. The molecule has 0 atom stereocenters. The number of aliphatic hydroxyl groups excluding tert-OH is 1. The number of aromatic nitrogens is 1. The Labute approximate surface area is 135 Å². The van der Waals surface area contributed by atoms with Crippen LogP contribution in [0.4, 0.5) is 0 Å². The third-order valence-corrected chi connectivity index (χ3v) is 4.90. The summed E-state index contributed by atoms with van der Waals surface area (Å²) < 4.78 is 5.84. The molecule has 1 aliphatic heterocycles. The van der Waals surface area contributed by atoms with Crippen molar-refractivity contribution in [3.8, 4) is 11.5 Å². The lowest BCUT2D eigenvalue weighted by molar-refractivity contribution is 0.0785. The van der Waals surface area contributed by atoms with Gasteiger partial charge in [-0.05, 0) is 50.3 Å². The summed E-state index contributed by atoms with van der Waals surface area (Å²) in [6.07, 6.45) is 3.62. The van der Waals surface area contributed by atoms with Crippen molar-refractivity contribution in [3.05, 3.63) is 35.7 Å². The third kappa shape index (κ3) is 3.54. The Bertz CT molecular complexity index is 616. The van der Waals surface area contributed by atoms with Gasteiger partial charge in [0.2, 0.25) is 5.89 Å². The second kappa shape index (κ2) is 6.86. The number of benzene rings is 1. The Balaban J connectivity index is 1.72.